The van der Waals surface area contributed by atoms with E-state index in [9.17, 15) is 25.3 Å². The zero-order chi connectivity index (χ0) is 17.1. The zero-order valence-electron chi connectivity index (χ0n) is 11.8. The molecule has 0 saturated heterocycles. The van der Waals surface area contributed by atoms with Crippen LogP contribution in [0.25, 0.3) is 0 Å². The van der Waals surface area contributed by atoms with Gasteiger partial charge in [0.15, 0.2) is 0 Å². The summed E-state index contributed by atoms with van der Waals surface area (Å²) < 4.78 is 0. The molecule has 0 aliphatic heterocycles. The Morgan fingerprint density at radius 1 is 1.17 bits per heavy atom. The number of benzene rings is 2. The SMILES string of the molecule is Cc1c(N=Cc2cc(Cl)cc([N+](=O)[O-])c2O)cccc1[N+](=O)[O-]. The number of aromatic hydroxyl groups is 1. The Labute approximate surface area is 135 Å². The minimum Gasteiger partial charge on any atom is -0.502 e. The number of nitro groups is 2. The molecular formula is C14H10ClN3O5. The van der Waals surface area contributed by atoms with Gasteiger partial charge in [-0.25, -0.2) is 0 Å². The summed E-state index contributed by atoms with van der Waals surface area (Å²) in [7, 11) is 0. The molecule has 0 heterocycles. The molecule has 0 unspecified atom stereocenters. The van der Waals surface area contributed by atoms with Crippen molar-refractivity contribution in [3.63, 3.8) is 0 Å². The molecule has 0 atom stereocenters. The van der Waals surface area contributed by atoms with E-state index in [0.717, 1.165) is 6.07 Å². The summed E-state index contributed by atoms with van der Waals surface area (Å²) in [5.41, 5.74) is 0.0387. The molecule has 0 radical (unpaired) electrons. The van der Waals surface area contributed by atoms with Crippen molar-refractivity contribution in [3.8, 4) is 5.75 Å². The molecule has 118 valence electrons. The molecule has 0 saturated carbocycles. The third kappa shape index (κ3) is 3.43. The second-order valence-corrected chi connectivity index (χ2v) is 4.99. The van der Waals surface area contributed by atoms with E-state index in [1.165, 1.54) is 31.3 Å². The van der Waals surface area contributed by atoms with Crippen LogP contribution in [0.4, 0.5) is 17.1 Å². The van der Waals surface area contributed by atoms with E-state index < -0.39 is 21.3 Å². The number of nitro benzene ring substituents is 2. The zero-order valence-corrected chi connectivity index (χ0v) is 12.5. The topological polar surface area (TPSA) is 119 Å². The van der Waals surface area contributed by atoms with Crippen molar-refractivity contribution in [2.24, 2.45) is 4.99 Å². The molecular weight excluding hydrogens is 326 g/mol. The van der Waals surface area contributed by atoms with Gasteiger partial charge in [0.05, 0.1) is 21.1 Å². The third-order valence-electron chi connectivity index (χ3n) is 3.10. The van der Waals surface area contributed by atoms with Crippen molar-refractivity contribution in [2.75, 3.05) is 0 Å². The van der Waals surface area contributed by atoms with Gasteiger partial charge in [-0.2, -0.15) is 0 Å². The van der Waals surface area contributed by atoms with Crippen LogP contribution in [0.5, 0.6) is 5.75 Å². The van der Waals surface area contributed by atoms with E-state index in [4.69, 9.17) is 11.6 Å². The molecule has 0 aliphatic rings. The number of aliphatic imine (C=N–C) groups is 1. The molecule has 0 fully saturated rings. The fourth-order valence-electron chi connectivity index (χ4n) is 1.93. The number of hydrogen-bond donors (Lipinski definition) is 1. The second kappa shape index (κ2) is 6.41. The first-order valence-corrected chi connectivity index (χ1v) is 6.64. The van der Waals surface area contributed by atoms with Crippen molar-refractivity contribution < 1.29 is 15.0 Å². The maximum atomic E-state index is 10.9. The number of nitrogens with zero attached hydrogens (tertiary/aromatic N) is 3. The molecule has 0 spiro atoms. The van der Waals surface area contributed by atoms with Crippen LogP contribution in [0.1, 0.15) is 11.1 Å². The van der Waals surface area contributed by atoms with Crippen LogP contribution in [-0.4, -0.2) is 21.2 Å². The first-order valence-electron chi connectivity index (χ1n) is 6.26. The second-order valence-electron chi connectivity index (χ2n) is 4.56. The lowest BCUT2D eigenvalue weighted by atomic mass is 10.1. The minimum atomic E-state index is -0.767. The largest absolute Gasteiger partial charge is 0.502 e. The average molecular weight is 336 g/mol. The minimum absolute atomic E-state index is 0.0371. The highest BCUT2D eigenvalue weighted by Crippen LogP contribution is 2.33. The molecule has 0 amide bonds. The van der Waals surface area contributed by atoms with Crippen molar-refractivity contribution >= 4 is 34.9 Å². The Hall–Kier alpha value is -3.00. The Bertz CT molecular complexity index is 835. The van der Waals surface area contributed by atoms with E-state index in [1.807, 2.05) is 0 Å². The summed E-state index contributed by atoms with van der Waals surface area (Å²) in [6, 6.07) is 6.69. The normalized spacial score (nSPS) is 10.9. The smallest absolute Gasteiger partial charge is 0.312 e. The van der Waals surface area contributed by atoms with Gasteiger partial charge in [-0.3, -0.25) is 25.2 Å². The molecule has 2 aromatic rings. The van der Waals surface area contributed by atoms with Crippen molar-refractivity contribution in [3.05, 3.63) is 66.7 Å². The van der Waals surface area contributed by atoms with Crippen LogP contribution in [0.3, 0.4) is 0 Å². The maximum Gasteiger partial charge on any atom is 0.312 e. The molecule has 2 aromatic carbocycles. The average Bonchev–Trinajstić information content (AvgIpc) is 2.48. The van der Waals surface area contributed by atoms with Crippen LogP contribution in [0, 0.1) is 27.2 Å². The Balaban J connectivity index is 2.48. The number of halogens is 1. The van der Waals surface area contributed by atoms with Gasteiger partial charge in [0.25, 0.3) is 5.69 Å². The van der Waals surface area contributed by atoms with E-state index in [0.29, 0.717) is 11.3 Å². The Morgan fingerprint density at radius 2 is 1.83 bits per heavy atom. The third-order valence-corrected chi connectivity index (χ3v) is 3.31. The lowest BCUT2D eigenvalue weighted by Gasteiger charge is -2.03. The molecule has 1 N–H and O–H groups in total. The standard InChI is InChI=1S/C14H10ClN3O5/c1-8-11(3-2-4-12(8)17(20)21)16-7-9-5-10(15)6-13(14(9)19)18(22)23/h2-7,19H,1H3. The molecule has 0 aliphatic carbocycles. The monoisotopic (exact) mass is 335 g/mol. The van der Waals surface area contributed by atoms with Gasteiger partial charge in [0.2, 0.25) is 5.75 Å². The highest BCUT2D eigenvalue weighted by Gasteiger charge is 2.18. The molecule has 9 heteroatoms. The Kier molecular flexibility index (Phi) is 4.56. The van der Waals surface area contributed by atoms with Crippen LogP contribution >= 0.6 is 11.6 Å². The number of phenols is 1. The maximum absolute atomic E-state index is 10.9. The van der Waals surface area contributed by atoms with Crippen LogP contribution in [-0.2, 0) is 0 Å². The van der Waals surface area contributed by atoms with Gasteiger partial charge in [0, 0.05) is 28.9 Å². The molecule has 8 nitrogen and oxygen atoms in total. The number of hydrogen-bond acceptors (Lipinski definition) is 6. The van der Waals surface area contributed by atoms with Gasteiger partial charge in [-0.1, -0.05) is 17.7 Å². The van der Waals surface area contributed by atoms with Gasteiger partial charge in [-0.05, 0) is 19.1 Å². The summed E-state index contributed by atoms with van der Waals surface area (Å²) in [5, 5.41) is 31.7. The molecule has 23 heavy (non-hydrogen) atoms. The summed E-state index contributed by atoms with van der Waals surface area (Å²) >= 11 is 5.78. The quantitative estimate of drug-likeness (QED) is 0.516. The van der Waals surface area contributed by atoms with E-state index in [-0.39, 0.29) is 16.3 Å². The fraction of sp³-hybridized carbons (Fsp3) is 0.0714. The first kappa shape index (κ1) is 16.4. The van der Waals surface area contributed by atoms with Gasteiger partial charge < -0.3 is 5.11 Å². The predicted octanol–water partition coefficient (Wildman–Crippen LogP) is 3.92. The first-order chi connectivity index (χ1) is 10.8. The summed E-state index contributed by atoms with van der Waals surface area (Å²) in [5.74, 6) is -0.578. The molecule has 0 aromatic heterocycles. The number of rotatable bonds is 4. The van der Waals surface area contributed by atoms with Gasteiger partial charge in [0.1, 0.15) is 0 Å². The predicted molar refractivity (Wildman–Crippen MR) is 84.9 cm³/mol. The summed E-state index contributed by atoms with van der Waals surface area (Å²) in [4.78, 5) is 24.5. The van der Waals surface area contributed by atoms with Crippen LogP contribution < -0.4 is 0 Å². The van der Waals surface area contributed by atoms with E-state index >= 15 is 0 Å². The van der Waals surface area contributed by atoms with Crippen LogP contribution in [0.15, 0.2) is 35.3 Å². The lowest BCUT2D eigenvalue weighted by molar-refractivity contribution is -0.385. The van der Waals surface area contributed by atoms with Gasteiger partial charge in [-0.15, -0.1) is 0 Å². The van der Waals surface area contributed by atoms with Crippen molar-refractivity contribution in [2.45, 2.75) is 6.92 Å². The summed E-state index contributed by atoms with van der Waals surface area (Å²) in [6.45, 7) is 1.53. The van der Waals surface area contributed by atoms with Crippen molar-refractivity contribution in [1.29, 1.82) is 0 Å². The van der Waals surface area contributed by atoms with Gasteiger partial charge >= 0.3 is 5.69 Å². The van der Waals surface area contributed by atoms with Crippen LogP contribution in [0.2, 0.25) is 5.02 Å². The van der Waals surface area contributed by atoms with E-state index in [2.05, 4.69) is 4.99 Å². The fourth-order valence-corrected chi connectivity index (χ4v) is 2.15. The Morgan fingerprint density at radius 3 is 2.43 bits per heavy atom. The number of phenolic OH excluding ortho intramolecular Hbond substituents is 1. The highest BCUT2D eigenvalue weighted by molar-refractivity contribution is 6.31. The highest BCUT2D eigenvalue weighted by atomic mass is 35.5. The van der Waals surface area contributed by atoms with E-state index in [1.54, 1.807) is 6.07 Å². The molecule has 0 bridgehead atoms. The molecule has 2 rings (SSSR count). The van der Waals surface area contributed by atoms with Crippen molar-refractivity contribution in [1.82, 2.24) is 0 Å². The lowest BCUT2D eigenvalue weighted by Crippen LogP contribution is -1.93. The summed E-state index contributed by atoms with van der Waals surface area (Å²) in [6.07, 6.45) is 1.17.